The van der Waals surface area contributed by atoms with Crippen molar-refractivity contribution in [2.24, 2.45) is 0 Å². The van der Waals surface area contributed by atoms with Crippen molar-refractivity contribution in [1.29, 1.82) is 0 Å². The Morgan fingerprint density at radius 1 is 1.38 bits per heavy atom. The monoisotopic (exact) mass is 288 g/mol. The lowest BCUT2D eigenvalue weighted by atomic mass is 10.1. The van der Waals surface area contributed by atoms with E-state index < -0.39 is 5.82 Å². The molecule has 0 saturated carbocycles. The van der Waals surface area contributed by atoms with Crippen LogP contribution in [0, 0.1) is 5.82 Å². The van der Waals surface area contributed by atoms with Gasteiger partial charge in [0.2, 0.25) is 5.91 Å². The highest BCUT2D eigenvalue weighted by molar-refractivity contribution is 5.99. The first kappa shape index (κ1) is 13.6. The van der Waals surface area contributed by atoms with Gasteiger partial charge in [0, 0.05) is 37.4 Å². The average Bonchev–Trinajstić information content (AvgIpc) is 2.61. The van der Waals surface area contributed by atoms with Crippen molar-refractivity contribution in [2.75, 3.05) is 37.3 Å². The number of pyridine rings is 1. The number of halogens is 1. The first-order chi connectivity index (χ1) is 10.1. The zero-order valence-corrected chi connectivity index (χ0v) is 11.8. The van der Waals surface area contributed by atoms with Gasteiger partial charge in [-0.25, -0.2) is 4.39 Å². The maximum Gasteiger partial charge on any atom is 0.241 e. The topological polar surface area (TPSA) is 62.5 Å². The maximum atomic E-state index is 14.4. The van der Waals surface area contributed by atoms with Gasteiger partial charge in [0.15, 0.2) is 5.82 Å². The van der Waals surface area contributed by atoms with Crippen LogP contribution in [0.2, 0.25) is 0 Å². The number of hydrogen-bond donors (Lipinski definition) is 1. The highest BCUT2D eigenvalue weighted by atomic mass is 19.1. The Morgan fingerprint density at radius 3 is 3.00 bits per heavy atom. The van der Waals surface area contributed by atoms with Crippen LogP contribution in [0.25, 0.3) is 10.9 Å². The molecule has 0 spiro atoms. The fraction of sp³-hybridized carbons (Fsp3) is 0.333. The van der Waals surface area contributed by atoms with Gasteiger partial charge in [0.05, 0.1) is 12.1 Å². The van der Waals surface area contributed by atoms with Crippen molar-refractivity contribution in [3.63, 3.8) is 0 Å². The molecule has 2 heterocycles. The van der Waals surface area contributed by atoms with E-state index in [1.807, 2.05) is 6.07 Å². The number of nitrogen functional groups attached to an aromatic ring is 1. The Bertz CT molecular complexity index is 703. The normalized spacial score (nSPS) is 16.4. The quantitative estimate of drug-likeness (QED) is 0.810. The van der Waals surface area contributed by atoms with E-state index in [0.717, 1.165) is 6.42 Å². The molecular formula is C15H17FN4O. The molecule has 110 valence electrons. The molecule has 1 fully saturated rings. The largest absolute Gasteiger partial charge is 0.398 e. The molecule has 21 heavy (non-hydrogen) atoms. The summed E-state index contributed by atoms with van der Waals surface area (Å²) in [5, 5.41) is 0.707. The molecule has 0 aliphatic carbocycles. The second-order valence-corrected chi connectivity index (χ2v) is 5.29. The second-order valence-electron chi connectivity index (χ2n) is 5.29. The summed E-state index contributed by atoms with van der Waals surface area (Å²) >= 11 is 0. The number of anilines is 2. The van der Waals surface area contributed by atoms with Crippen molar-refractivity contribution < 1.29 is 9.18 Å². The second kappa shape index (κ2) is 5.20. The number of nitrogens with zero attached hydrogens (tertiary/aromatic N) is 3. The molecule has 2 N–H and O–H groups in total. The molecule has 1 aliphatic rings. The first-order valence-corrected chi connectivity index (χ1v) is 6.89. The molecule has 2 aromatic rings. The summed E-state index contributed by atoms with van der Waals surface area (Å²) in [6.07, 6.45) is 2.40. The Kier molecular flexibility index (Phi) is 3.37. The molecule has 0 bridgehead atoms. The third kappa shape index (κ3) is 2.37. The van der Waals surface area contributed by atoms with Gasteiger partial charge in [-0.1, -0.05) is 0 Å². The summed E-state index contributed by atoms with van der Waals surface area (Å²) in [5.74, 6) is -0.455. The third-order valence-electron chi connectivity index (χ3n) is 3.84. The molecule has 0 atom stereocenters. The minimum Gasteiger partial charge on any atom is -0.398 e. The fourth-order valence-electron chi connectivity index (χ4n) is 2.70. The summed E-state index contributed by atoms with van der Waals surface area (Å²) in [5.41, 5.74) is 7.09. The number of nitrogens with two attached hydrogens (primary N) is 1. The molecule has 1 aliphatic heterocycles. The maximum absolute atomic E-state index is 14.4. The summed E-state index contributed by atoms with van der Waals surface area (Å²) in [6.45, 7) is 1.45. The molecule has 0 unspecified atom stereocenters. The summed E-state index contributed by atoms with van der Waals surface area (Å²) < 4.78 is 14.4. The van der Waals surface area contributed by atoms with E-state index in [4.69, 9.17) is 5.73 Å². The van der Waals surface area contributed by atoms with Crippen molar-refractivity contribution in [1.82, 2.24) is 9.88 Å². The summed E-state index contributed by atoms with van der Waals surface area (Å²) in [6, 6.07) is 4.88. The smallest absolute Gasteiger partial charge is 0.241 e. The van der Waals surface area contributed by atoms with Crippen LogP contribution in [0.5, 0.6) is 0 Å². The van der Waals surface area contributed by atoms with E-state index in [2.05, 4.69) is 4.98 Å². The van der Waals surface area contributed by atoms with Crippen LogP contribution < -0.4 is 10.6 Å². The number of hydrogen-bond acceptors (Lipinski definition) is 4. The average molecular weight is 288 g/mol. The lowest BCUT2D eigenvalue weighted by Gasteiger charge is -2.24. The number of benzene rings is 1. The minimum absolute atomic E-state index is 0.0205. The Hall–Kier alpha value is -2.37. The lowest BCUT2D eigenvalue weighted by Crippen LogP contribution is -2.34. The van der Waals surface area contributed by atoms with Crippen LogP contribution in [-0.4, -0.2) is 42.5 Å². The third-order valence-corrected chi connectivity index (χ3v) is 3.84. The Morgan fingerprint density at radius 2 is 2.19 bits per heavy atom. The zero-order valence-electron chi connectivity index (χ0n) is 11.8. The van der Waals surface area contributed by atoms with Gasteiger partial charge in [-0.3, -0.25) is 9.78 Å². The van der Waals surface area contributed by atoms with Crippen molar-refractivity contribution in [3.05, 3.63) is 30.2 Å². The Balaban J connectivity index is 2.13. The molecule has 3 rings (SSSR count). The molecule has 1 aromatic heterocycles. The van der Waals surface area contributed by atoms with Gasteiger partial charge in [0.25, 0.3) is 0 Å². The molecule has 1 saturated heterocycles. The number of carbonyl (C=O) groups is 1. The molecule has 1 amide bonds. The number of aromatic nitrogens is 1. The number of likely N-dealkylation sites (N-methyl/N-ethyl adjacent to an activating group) is 1. The Labute approximate surface area is 122 Å². The van der Waals surface area contributed by atoms with E-state index in [1.54, 1.807) is 29.1 Å². The minimum atomic E-state index is -0.434. The van der Waals surface area contributed by atoms with Crippen LogP contribution in [-0.2, 0) is 4.79 Å². The van der Waals surface area contributed by atoms with Crippen LogP contribution >= 0.6 is 0 Å². The van der Waals surface area contributed by atoms with E-state index >= 15 is 0 Å². The SMILES string of the molecule is CN1CCCN(c2c(F)cc(N)c3cccnc23)CC1=O. The van der Waals surface area contributed by atoms with Crippen LogP contribution in [0.3, 0.4) is 0 Å². The van der Waals surface area contributed by atoms with Crippen LogP contribution in [0.15, 0.2) is 24.4 Å². The van der Waals surface area contributed by atoms with Crippen LogP contribution in [0.1, 0.15) is 6.42 Å². The van der Waals surface area contributed by atoms with Gasteiger partial charge >= 0.3 is 0 Å². The van der Waals surface area contributed by atoms with Crippen molar-refractivity contribution >= 4 is 28.2 Å². The highest BCUT2D eigenvalue weighted by Crippen LogP contribution is 2.32. The predicted molar refractivity (Wildman–Crippen MR) is 80.6 cm³/mol. The highest BCUT2D eigenvalue weighted by Gasteiger charge is 2.24. The van der Waals surface area contributed by atoms with Crippen molar-refractivity contribution in [2.45, 2.75) is 6.42 Å². The lowest BCUT2D eigenvalue weighted by molar-refractivity contribution is -0.127. The van der Waals surface area contributed by atoms with E-state index in [0.29, 0.717) is 35.4 Å². The number of carbonyl (C=O) groups excluding carboxylic acids is 1. The van der Waals surface area contributed by atoms with Gasteiger partial charge in [-0.2, -0.15) is 0 Å². The van der Waals surface area contributed by atoms with Gasteiger partial charge in [0.1, 0.15) is 5.69 Å². The van der Waals surface area contributed by atoms with E-state index in [9.17, 15) is 9.18 Å². The molecule has 0 radical (unpaired) electrons. The summed E-state index contributed by atoms with van der Waals surface area (Å²) in [4.78, 5) is 19.7. The number of amides is 1. The standard InChI is InChI=1S/C15H17FN4O/c1-19-6-3-7-20(9-13(19)21)15-11(16)8-12(17)10-4-2-5-18-14(10)15/h2,4-5,8H,3,6-7,9,17H2,1H3. The zero-order chi connectivity index (χ0) is 15.0. The van der Waals surface area contributed by atoms with Gasteiger partial charge in [-0.05, 0) is 24.6 Å². The molecule has 1 aromatic carbocycles. The van der Waals surface area contributed by atoms with Crippen LogP contribution in [0.4, 0.5) is 15.8 Å². The molecule has 6 heteroatoms. The van der Waals surface area contributed by atoms with Gasteiger partial charge < -0.3 is 15.5 Å². The fourth-order valence-corrected chi connectivity index (χ4v) is 2.70. The number of rotatable bonds is 1. The number of fused-ring (bicyclic) bond motifs is 1. The summed E-state index contributed by atoms with van der Waals surface area (Å²) in [7, 11) is 1.77. The van der Waals surface area contributed by atoms with E-state index in [-0.39, 0.29) is 12.5 Å². The van der Waals surface area contributed by atoms with Gasteiger partial charge in [-0.15, -0.1) is 0 Å². The van der Waals surface area contributed by atoms with Crippen molar-refractivity contribution in [3.8, 4) is 0 Å². The van der Waals surface area contributed by atoms with E-state index in [1.165, 1.54) is 6.07 Å². The molecular weight excluding hydrogens is 271 g/mol. The predicted octanol–water partition coefficient (Wildman–Crippen LogP) is 1.62. The first-order valence-electron chi connectivity index (χ1n) is 6.89. The molecule has 5 nitrogen and oxygen atoms in total.